The Balaban J connectivity index is 2.30. The molecule has 1 aliphatic carbocycles. The molecular formula is C13H17NO5S. The molecule has 1 aliphatic rings. The van der Waals surface area contributed by atoms with Crippen molar-refractivity contribution in [3.63, 3.8) is 0 Å². The largest absolute Gasteiger partial charge is 0.459 e. The fourth-order valence-electron chi connectivity index (χ4n) is 1.90. The van der Waals surface area contributed by atoms with Gasteiger partial charge in [-0.15, -0.1) is 0 Å². The van der Waals surface area contributed by atoms with Crippen LogP contribution < -0.4 is 5.14 Å². The third-order valence-electron chi connectivity index (χ3n) is 3.17. The highest BCUT2D eigenvalue weighted by atomic mass is 32.2. The van der Waals surface area contributed by atoms with Crippen LogP contribution in [-0.4, -0.2) is 27.6 Å². The van der Waals surface area contributed by atoms with Crippen LogP contribution in [0.15, 0.2) is 23.1 Å². The van der Waals surface area contributed by atoms with E-state index in [2.05, 4.69) is 0 Å². The molecule has 0 atom stereocenters. The number of hydrogen-bond donors (Lipinski definition) is 1. The average molecular weight is 299 g/mol. The third-order valence-corrected chi connectivity index (χ3v) is 4.06. The summed E-state index contributed by atoms with van der Waals surface area (Å²) in [5, 5.41) is 5.11. The first-order chi connectivity index (χ1) is 9.40. The number of sulfonamides is 1. The molecular weight excluding hydrogens is 282 g/mol. The minimum Gasteiger partial charge on any atom is -0.459 e. The first-order valence-corrected chi connectivity index (χ1v) is 7.81. The normalized spacial score (nSPS) is 15.7. The number of ether oxygens (including phenoxy) is 2. The molecule has 6 nitrogen and oxygen atoms in total. The first-order valence-electron chi connectivity index (χ1n) is 6.27. The molecule has 2 N–H and O–H groups in total. The zero-order valence-corrected chi connectivity index (χ0v) is 12.0. The van der Waals surface area contributed by atoms with E-state index in [0.717, 1.165) is 19.3 Å². The zero-order chi connectivity index (χ0) is 14.8. The number of primary sulfonamides is 1. The van der Waals surface area contributed by atoms with Crippen molar-refractivity contribution in [2.24, 2.45) is 5.14 Å². The van der Waals surface area contributed by atoms with Crippen LogP contribution in [0.1, 0.15) is 35.2 Å². The summed E-state index contributed by atoms with van der Waals surface area (Å²) in [6.07, 6.45) is 2.69. The van der Waals surface area contributed by atoms with E-state index in [0.29, 0.717) is 5.56 Å². The van der Waals surface area contributed by atoms with E-state index < -0.39 is 16.0 Å². The number of rotatable bonds is 5. The minimum atomic E-state index is -3.88. The second-order valence-corrected chi connectivity index (χ2v) is 6.36. The molecule has 0 saturated heterocycles. The Morgan fingerprint density at radius 3 is 2.55 bits per heavy atom. The van der Waals surface area contributed by atoms with Gasteiger partial charge in [-0.1, -0.05) is 0 Å². The molecule has 0 aromatic heterocycles. The SMILES string of the molecule is COCc1cc(C(=O)OC2CCC2)cc(S(N)(=O)=O)c1. The van der Waals surface area contributed by atoms with E-state index in [-0.39, 0.29) is 23.2 Å². The molecule has 1 saturated carbocycles. The van der Waals surface area contributed by atoms with E-state index in [1.54, 1.807) is 6.07 Å². The van der Waals surface area contributed by atoms with Gasteiger partial charge in [0.2, 0.25) is 10.0 Å². The van der Waals surface area contributed by atoms with Crippen LogP contribution in [0.25, 0.3) is 0 Å². The monoisotopic (exact) mass is 299 g/mol. The van der Waals surface area contributed by atoms with Gasteiger partial charge in [0.15, 0.2) is 0 Å². The van der Waals surface area contributed by atoms with Crippen molar-refractivity contribution in [1.82, 2.24) is 0 Å². The van der Waals surface area contributed by atoms with E-state index in [4.69, 9.17) is 14.6 Å². The Hall–Kier alpha value is -1.44. The van der Waals surface area contributed by atoms with Crippen molar-refractivity contribution >= 4 is 16.0 Å². The maximum atomic E-state index is 12.0. The number of methoxy groups -OCH3 is 1. The van der Waals surface area contributed by atoms with Gasteiger partial charge in [-0.3, -0.25) is 0 Å². The average Bonchev–Trinajstić information content (AvgIpc) is 2.32. The van der Waals surface area contributed by atoms with Gasteiger partial charge in [-0.25, -0.2) is 18.4 Å². The van der Waals surface area contributed by atoms with Crippen molar-refractivity contribution in [2.45, 2.75) is 36.9 Å². The van der Waals surface area contributed by atoms with Gasteiger partial charge in [0.1, 0.15) is 6.10 Å². The third kappa shape index (κ3) is 3.56. The van der Waals surface area contributed by atoms with Gasteiger partial charge in [0.05, 0.1) is 17.1 Å². The summed E-state index contributed by atoms with van der Waals surface area (Å²) in [6, 6.07) is 4.17. The zero-order valence-electron chi connectivity index (χ0n) is 11.2. The lowest BCUT2D eigenvalue weighted by Crippen LogP contribution is -2.25. The van der Waals surface area contributed by atoms with Crippen molar-refractivity contribution in [3.8, 4) is 0 Å². The van der Waals surface area contributed by atoms with E-state index in [1.165, 1.54) is 19.2 Å². The Morgan fingerprint density at radius 1 is 1.35 bits per heavy atom. The van der Waals surface area contributed by atoms with Gasteiger partial charge in [-0.05, 0) is 43.0 Å². The second kappa shape index (κ2) is 5.90. The quantitative estimate of drug-likeness (QED) is 0.824. The molecule has 0 spiro atoms. The number of esters is 1. The summed E-state index contributed by atoms with van der Waals surface area (Å²) in [6.45, 7) is 0.188. The summed E-state index contributed by atoms with van der Waals surface area (Å²) in [5.74, 6) is -0.530. The molecule has 1 aromatic carbocycles. The Labute approximate surface area is 117 Å². The van der Waals surface area contributed by atoms with Crippen LogP contribution in [0.3, 0.4) is 0 Å². The van der Waals surface area contributed by atoms with E-state index in [1.807, 2.05) is 0 Å². The van der Waals surface area contributed by atoms with Crippen LogP contribution in [0, 0.1) is 0 Å². The Morgan fingerprint density at radius 2 is 2.05 bits per heavy atom. The van der Waals surface area contributed by atoms with Crippen LogP contribution in [0.4, 0.5) is 0 Å². The number of benzene rings is 1. The molecule has 0 unspecified atom stereocenters. The predicted octanol–water partition coefficient (Wildman–Crippen LogP) is 1.19. The molecule has 110 valence electrons. The van der Waals surface area contributed by atoms with Crippen LogP contribution in [0.2, 0.25) is 0 Å². The molecule has 2 rings (SSSR count). The Kier molecular flexibility index (Phi) is 4.42. The highest BCUT2D eigenvalue weighted by Crippen LogP contribution is 2.24. The molecule has 0 radical (unpaired) electrons. The minimum absolute atomic E-state index is 0.0634. The van der Waals surface area contributed by atoms with Gasteiger partial charge < -0.3 is 9.47 Å². The molecule has 1 aromatic rings. The fourth-order valence-corrected chi connectivity index (χ4v) is 2.51. The highest BCUT2D eigenvalue weighted by Gasteiger charge is 2.23. The summed E-state index contributed by atoms with van der Waals surface area (Å²) < 4.78 is 33.1. The number of hydrogen-bond acceptors (Lipinski definition) is 5. The van der Waals surface area contributed by atoms with Gasteiger partial charge in [-0.2, -0.15) is 0 Å². The fraction of sp³-hybridized carbons (Fsp3) is 0.462. The first kappa shape index (κ1) is 15.0. The lowest BCUT2D eigenvalue weighted by Gasteiger charge is -2.25. The maximum absolute atomic E-state index is 12.0. The summed E-state index contributed by atoms with van der Waals surface area (Å²) in [4.78, 5) is 11.9. The second-order valence-electron chi connectivity index (χ2n) is 4.80. The molecule has 0 aliphatic heterocycles. The van der Waals surface area contributed by atoms with Gasteiger partial charge >= 0.3 is 5.97 Å². The number of carbonyl (C=O) groups excluding carboxylic acids is 1. The standard InChI is InChI=1S/C13H17NO5S/c1-18-8-9-5-10(7-12(6-9)20(14,16)17)13(15)19-11-3-2-4-11/h5-7,11H,2-4,8H2,1H3,(H2,14,16,17). The highest BCUT2D eigenvalue weighted by molar-refractivity contribution is 7.89. The molecule has 1 fully saturated rings. The summed E-state index contributed by atoms with van der Waals surface area (Å²) in [5.41, 5.74) is 0.732. The number of carbonyl (C=O) groups is 1. The smallest absolute Gasteiger partial charge is 0.338 e. The van der Waals surface area contributed by atoms with Crippen molar-refractivity contribution in [3.05, 3.63) is 29.3 Å². The van der Waals surface area contributed by atoms with Crippen molar-refractivity contribution in [1.29, 1.82) is 0 Å². The van der Waals surface area contributed by atoms with E-state index in [9.17, 15) is 13.2 Å². The summed E-state index contributed by atoms with van der Waals surface area (Å²) in [7, 11) is -2.40. The molecule has 7 heteroatoms. The lowest BCUT2D eigenvalue weighted by atomic mass is 9.96. The summed E-state index contributed by atoms with van der Waals surface area (Å²) >= 11 is 0. The molecule has 20 heavy (non-hydrogen) atoms. The van der Waals surface area contributed by atoms with Crippen LogP contribution >= 0.6 is 0 Å². The lowest BCUT2D eigenvalue weighted by molar-refractivity contribution is 0.00895. The number of nitrogens with two attached hydrogens (primary N) is 1. The van der Waals surface area contributed by atoms with Crippen LogP contribution in [-0.2, 0) is 26.1 Å². The molecule has 0 heterocycles. The van der Waals surface area contributed by atoms with Crippen LogP contribution in [0.5, 0.6) is 0 Å². The Bertz CT molecular complexity index is 607. The predicted molar refractivity (Wildman–Crippen MR) is 71.6 cm³/mol. The maximum Gasteiger partial charge on any atom is 0.338 e. The van der Waals surface area contributed by atoms with Crippen molar-refractivity contribution < 1.29 is 22.7 Å². The van der Waals surface area contributed by atoms with Crippen molar-refractivity contribution in [2.75, 3.05) is 7.11 Å². The van der Waals surface area contributed by atoms with Gasteiger partial charge in [0.25, 0.3) is 0 Å². The molecule has 0 bridgehead atoms. The van der Waals surface area contributed by atoms with E-state index >= 15 is 0 Å². The molecule has 0 amide bonds. The van der Waals surface area contributed by atoms with Gasteiger partial charge in [0, 0.05) is 7.11 Å². The topological polar surface area (TPSA) is 95.7 Å².